The second-order valence-electron chi connectivity index (χ2n) is 12.0. The molecular weight excluding hydrogens is 500 g/mol. The average Bonchev–Trinajstić information content (AvgIpc) is 3.54. The van der Waals surface area contributed by atoms with Gasteiger partial charge in [0.15, 0.2) is 8.32 Å². The molecule has 6 nitrogen and oxygen atoms in total. The molecule has 3 aromatic heterocycles. The van der Waals surface area contributed by atoms with Crippen LogP contribution >= 0.6 is 11.6 Å². The largest absolute Gasteiger partial charge is 0.417 e. The Bertz CT molecular complexity index is 1470. The Morgan fingerprint density at radius 2 is 1.89 bits per heavy atom. The van der Waals surface area contributed by atoms with E-state index < -0.39 is 8.32 Å². The van der Waals surface area contributed by atoms with Crippen LogP contribution in [-0.2, 0) is 23.9 Å². The van der Waals surface area contributed by atoms with Crippen LogP contribution in [0.15, 0.2) is 41.3 Å². The first kappa shape index (κ1) is 26.3. The van der Waals surface area contributed by atoms with Crippen LogP contribution in [0.1, 0.15) is 63.8 Å². The molecule has 1 saturated carbocycles. The zero-order valence-electron chi connectivity index (χ0n) is 22.7. The predicted octanol–water partition coefficient (Wildman–Crippen LogP) is 7.25. The third-order valence-electron chi connectivity index (χ3n) is 8.26. The molecule has 1 aliphatic carbocycles. The highest BCUT2D eigenvalue weighted by Crippen LogP contribution is 2.41. The number of rotatable bonds is 10. The molecule has 0 atom stereocenters. The lowest BCUT2D eigenvalue weighted by Gasteiger charge is -2.36. The van der Waals surface area contributed by atoms with Gasteiger partial charge in [-0.15, -0.1) is 0 Å². The van der Waals surface area contributed by atoms with Gasteiger partial charge in [-0.25, -0.2) is 4.79 Å². The van der Waals surface area contributed by atoms with Crippen molar-refractivity contribution >= 4 is 41.9 Å². The van der Waals surface area contributed by atoms with Crippen molar-refractivity contribution in [2.75, 3.05) is 6.61 Å². The normalized spacial score (nSPS) is 14.8. The molecule has 0 bridgehead atoms. The molecule has 0 amide bonds. The third kappa shape index (κ3) is 5.45. The van der Waals surface area contributed by atoms with Gasteiger partial charge in [0.1, 0.15) is 0 Å². The number of pyridine rings is 1. The minimum atomic E-state index is -1.72. The highest BCUT2D eigenvalue weighted by Gasteiger charge is 2.36. The smallest absolute Gasteiger partial charge is 0.326 e. The molecule has 1 aromatic carbocycles. The summed E-state index contributed by atoms with van der Waals surface area (Å²) in [5.41, 5.74) is 5.28. The van der Waals surface area contributed by atoms with Gasteiger partial charge in [-0.2, -0.15) is 0 Å². The summed E-state index contributed by atoms with van der Waals surface area (Å²) in [6, 6.07) is 10.2. The summed E-state index contributed by atoms with van der Waals surface area (Å²) in [5, 5.41) is 2.12. The number of halogens is 1. The van der Waals surface area contributed by atoms with Crippen molar-refractivity contribution in [1.29, 1.82) is 0 Å². The Morgan fingerprint density at radius 3 is 2.62 bits per heavy atom. The van der Waals surface area contributed by atoms with E-state index in [1.165, 1.54) is 11.2 Å². The Morgan fingerprint density at radius 1 is 1.11 bits per heavy atom. The van der Waals surface area contributed by atoms with Crippen LogP contribution in [0.2, 0.25) is 23.2 Å². The van der Waals surface area contributed by atoms with E-state index in [2.05, 4.69) is 60.5 Å². The van der Waals surface area contributed by atoms with E-state index in [-0.39, 0.29) is 10.7 Å². The van der Waals surface area contributed by atoms with Gasteiger partial charge in [0, 0.05) is 59.9 Å². The fourth-order valence-electron chi connectivity index (χ4n) is 4.92. The molecular formula is C29H39ClN4O2Si. The van der Waals surface area contributed by atoms with Crippen molar-refractivity contribution in [2.24, 2.45) is 0 Å². The minimum Gasteiger partial charge on any atom is -0.417 e. The molecule has 1 fully saturated rings. The lowest BCUT2D eigenvalue weighted by Crippen LogP contribution is -2.40. The maximum absolute atomic E-state index is 12.9. The number of hydrogen-bond acceptors (Lipinski definition) is 3. The van der Waals surface area contributed by atoms with Gasteiger partial charge in [-0.05, 0) is 74.1 Å². The number of benzene rings is 1. The van der Waals surface area contributed by atoms with E-state index in [9.17, 15) is 4.79 Å². The summed E-state index contributed by atoms with van der Waals surface area (Å²) in [6.45, 7) is 13.8. The summed E-state index contributed by atoms with van der Waals surface area (Å²) >= 11 is 6.32. The van der Waals surface area contributed by atoms with Gasteiger partial charge >= 0.3 is 5.69 Å². The molecule has 1 aliphatic rings. The number of aromatic nitrogens is 4. The Balaban J connectivity index is 1.34. The van der Waals surface area contributed by atoms with E-state index in [0.717, 1.165) is 72.4 Å². The number of aromatic amines is 1. The molecule has 0 unspecified atom stereocenters. The number of aryl methyl sites for hydroxylation is 3. The molecule has 4 aromatic rings. The first-order chi connectivity index (χ1) is 17.5. The Labute approximate surface area is 225 Å². The number of nitrogens with zero attached hydrogens (tertiary/aromatic N) is 3. The number of fused-ring (bicyclic) bond motifs is 2. The van der Waals surface area contributed by atoms with Crippen molar-refractivity contribution in [1.82, 2.24) is 19.1 Å². The van der Waals surface area contributed by atoms with Crippen molar-refractivity contribution in [3.63, 3.8) is 0 Å². The van der Waals surface area contributed by atoms with Gasteiger partial charge in [0.05, 0.1) is 16.7 Å². The molecule has 1 N–H and O–H groups in total. The summed E-state index contributed by atoms with van der Waals surface area (Å²) in [6.07, 6.45) is 6.94. The van der Waals surface area contributed by atoms with Crippen LogP contribution in [0.3, 0.4) is 0 Å². The molecule has 5 rings (SSSR count). The van der Waals surface area contributed by atoms with Crippen molar-refractivity contribution < 1.29 is 4.43 Å². The van der Waals surface area contributed by atoms with E-state index in [1.54, 1.807) is 0 Å². The lowest BCUT2D eigenvalue weighted by atomic mass is 10.2. The quantitative estimate of drug-likeness (QED) is 0.171. The van der Waals surface area contributed by atoms with E-state index in [0.29, 0.717) is 12.5 Å². The van der Waals surface area contributed by atoms with Crippen LogP contribution < -0.4 is 5.69 Å². The van der Waals surface area contributed by atoms with Gasteiger partial charge in [-0.3, -0.25) is 9.55 Å². The maximum atomic E-state index is 12.9. The van der Waals surface area contributed by atoms with Crippen molar-refractivity contribution in [3.05, 3.63) is 63.4 Å². The van der Waals surface area contributed by atoms with E-state index in [1.807, 2.05) is 29.0 Å². The predicted molar refractivity (Wildman–Crippen MR) is 155 cm³/mol. The lowest BCUT2D eigenvalue weighted by molar-refractivity contribution is 0.276. The number of unbranched alkanes of at least 4 members (excludes halogenated alkanes) is 1. The van der Waals surface area contributed by atoms with E-state index >= 15 is 0 Å². The number of nitrogens with one attached hydrogen (secondary N) is 1. The van der Waals surface area contributed by atoms with Gasteiger partial charge < -0.3 is 14.0 Å². The molecule has 8 heteroatoms. The summed E-state index contributed by atoms with van der Waals surface area (Å²) in [5.74, 6) is 0.479. The van der Waals surface area contributed by atoms with E-state index in [4.69, 9.17) is 16.0 Å². The third-order valence-corrected chi connectivity index (χ3v) is 13.0. The van der Waals surface area contributed by atoms with Crippen molar-refractivity contribution in [3.8, 4) is 0 Å². The fraction of sp³-hybridized carbons (Fsp3) is 0.517. The molecule has 37 heavy (non-hydrogen) atoms. The number of hydrogen-bond donors (Lipinski definition) is 1. The molecule has 0 saturated heterocycles. The second-order valence-corrected chi connectivity index (χ2v) is 17.3. The molecule has 0 radical (unpaired) electrons. The van der Waals surface area contributed by atoms with Crippen LogP contribution in [0.5, 0.6) is 0 Å². The van der Waals surface area contributed by atoms with Gasteiger partial charge in [0.2, 0.25) is 0 Å². The molecule has 0 aliphatic heterocycles. The monoisotopic (exact) mass is 538 g/mol. The van der Waals surface area contributed by atoms with Crippen molar-refractivity contribution in [2.45, 2.75) is 90.0 Å². The SMILES string of the molecule is CC(C)(C)[Si](C)(C)OCCCCn1c(CCn2c(=O)[nH]c3ccnc(C4CC4)c32)cc2cc(Cl)ccc21. The van der Waals surface area contributed by atoms with Gasteiger partial charge in [0.25, 0.3) is 0 Å². The first-order valence-corrected chi connectivity index (χ1v) is 16.8. The summed E-state index contributed by atoms with van der Waals surface area (Å²) in [7, 11) is -1.72. The minimum absolute atomic E-state index is 0.0571. The van der Waals surface area contributed by atoms with Crippen LogP contribution in [0, 0.1) is 0 Å². The van der Waals surface area contributed by atoms with Crippen LogP contribution in [0.4, 0.5) is 0 Å². The molecule has 3 heterocycles. The summed E-state index contributed by atoms with van der Waals surface area (Å²) < 4.78 is 10.7. The summed E-state index contributed by atoms with van der Waals surface area (Å²) in [4.78, 5) is 20.6. The second kappa shape index (κ2) is 10.1. The Hall–Kier alpha value is -2.35. The topological polar surface area (TPSA) is 64.8 Å². The van der Waals surface area contributed by atoms with Crippen LogP contribution in [0.25, 0.3) is 21.9 Å². The number of imidazole rings is 1. The highest BCUT2D eigenvalue weighted by molar-refractivity contribution is 6.74. The van der Waals surface area contributed by atoms with Crippen LogP contribution in [-0.4, -0.2) is 34.0 Å². The highest BCUT2D eigenvalue weighted by atomic mass is 35.5. The zero-order valence-corrected chi connectivity index (χ0v) is 24.5. The first-order valence-electron chi connectivity index (χ1n) is 13.5. The maximum Gasteiger partial charge on any atom is 0.326 e. The molecule has 198 valence electrons. The Kier molecular flexibility index (Phi) is 7.15. The standard InChI is InChI=1S/C29H39ClN4O2Si/c1-29(2,3)37(4,5)36-17-7-6-15-33-23(19-21-18-22(30)10-11-25(21)33)13-16-34-27-24(32-28(34)35)12-14-31-26(27)20-8-9-20/h10-12,14,18-20H,6-9,13,15-17H2,1-5H3,(H,32,35). The number of H-pyrrole nitrogens is 1. The average molecular weight is 539 g/mol. The zero-order chi connectivity index (χ0) is 26.4. The van der Waals surface area contributed by atoms with Gasteiger partial charge in [-0.1, -0.05) is 32.4 Å². The fourth-order valence-corrected chi connectivity index (χ4v) is 6.19. The molecule has 0 spiro atoms.